The maximum Gasteiger partial charge on any atom is 0.261 e. The Morgan fingerprint density at radius 1 is 0.925 bits per heavy atom. The molecule has 0 spiro atoms. The highest BCUT2D eigenvalue weighted by Crippen LogP contribution is 2.43. The number of hydrogen-bond donors (Lipinski definition) is 2. The molecule has 0 saturated carbocycles. The minimum Gasteiger partial charge on any atom is -0.618 e. The molecule has 1 aromatic heterocycles. The molecule has 1 aliphatic rings. The van der Waals surface area contributed by atoms with Crippen LogP contribution < -0.4 is 9.45 Å². The minimum atomic E-state index is -3.77. The van der Waals surface area contributed by atoms with E-state index in [1.807, 2.05) is 43.3 Å². The van der Waals surface area contributed by atoms with Crippen molar-refractivity contribution < 1.29 is 27.7 Å². The van der Waals surface area contributed by atoms with Gasteiger partial charge in [-0.25, -0.2) is 8.42 Å². The second kappa shape index (κ2) is 12.4. The third kappa shape index (κ3) is 6.48. The lowest BCUT2D eigenvalue weighted by atomic mass is 9.91. The zero-order valence-corrected chi connectivity index (χ0v) is 23.4. The van der Waals surface area contributed by atoms with Crippen molar-refractivity contribution >= 4 is 27.5 Å². The molecule has 4 aromatic rings. The van der Waals surface area contributed by atoms with E-state index in [0.717, 1.165) is 15.9 Å². The van der Waals surface area contributed by atoms with Gasteiger partial charge in [0.1, 0.15) is 0 Å². The van der Waals surface area contributed by atoms with Crippen molar-refractivity contribution in [3.63, 3.8) is 0 Å². The average Bonchev–Trinajstić information content (AvgIpc) is 2.98. The Bertz CT molecular complexity index is 1530. The van der Waals surface area contributed by atoms with Gasteiger partial charge in [-0.15, -0.1) is 0 Å². The lowest BCUT2D eigenvalue weighted by molar-refractivity contribution is -0.645. The number of anilines is 1. The van der Waals surface area contributed by atoms with Gasteiger partial charge in [0.15, 0.2) is 12.5 Å². The summed E-state index contributed by atoms with van der Waals surface area (Å²) in [5, 5.41) is 22.3. The third-order valence-corrected chi connectivity index (χ3v) is 9.28. The van der Waals surface area contributed by atoms with Crippen molar-refractivity contribution in [2.24, 2.45) is 5.92 Å². The molecule has 0 aliphatic carbocycles. The van der Waals surface area contributed by atoms with Crippen LogP contribution in [0.5, 0.6) is 0 Å². The monoisotopic (exact) mass is 578 g/mol. The number of nitrogens with one attached hydrogen (secondary N) is 1. The van der Waals surface area contributed by atoms with Crippen molar-refractivity contribution in [2.45, 2.75) is 42.0 Å². The molecule has 3 aromatic carbocycles. The van der Waals surface area contributed by atoms with Crippen LogP contribution in [0.3, 0.4) is 0 Å². The molecule has 0 bridgehead atoms. The van der Waals surface area contributed by atoms with E-state index in [-0.39, 0.29) is 29.6 Å². The Hall–Kier alpha value is -3.41. The van der Waals surface area contributed by atoms with Crippen molar-refractivity contribution in [1.29, 1.82) is 0 Å². The molecule has 0 amide bonds. The normalized spacial score (nSPS) is 21.1. The fraction of sp³-hybridized carbons (Fsp3) is 0.233. The van der Waals surface area contributed by atoms with Gasteiger partial charge >= 0.3 is 0 Å². The van der Waals surface area contributed by atoms with Crippen LogP contribution in [0.15, 0.2) is 113 Å². The van der Waals surface area contributed by atoms with Crippen molar-refractivity contribution in [2.75, 3.05) is 10.5 Å². The highest BCUT2D eigenvalue weighted by atomic mass is 32.2. The number of aliphatic hydroxyl groups is 1. The molecule has 1 saturated heterocycles. The lowest BCUT2D eigenvalue weighted by Gasteiger charge is -2.41. The smallest absolute Gasteiger partial charge is 0.261 e. The molecule has 8 nitrogen and oxygen atoms in total. The van der Waals surface area contributed by atoms with Gasteiger partial charge in [-0.3, -0.25) is 4.72 Å². The van der Waals surface area contributed by atoms with E-state index in [9.17, 15) is 18.7 Å². The SMILES string of the molecule is C[C@H]1[C@@H](CSc2cccc[n+]2[O-])O[C@@H](c2cccc(NS(=O)(=O)c3ccccc3)c2)O[C@H]1c1ccc(CO)cc1. The van der Waals surface area contributed by atoms with E-state index >= 15 is 0 Å². The number of rotatable bonds is 9. The fourth-order valence-electron chi connectivity index (χ4n) is 4.56. The van der Waals surface area contributed by atoms with Crippen LogP contribution in [0.25, 0.3) is 0 Å². The number of nitrogens with zero attached hydrogens (tertiary/aromatic N) is 1. The van der Waals surface area contributed by atoms with E-state index in [2.05, 4.69) is 4.72 Å². The highest BCUT2D eigenvalue weighted by Gasteiger charge is 2.38. The van der Waals surface area contributed by atoms with Crippen LogP contribution in [0.4, 0.5) is 5.69 Å². The molecule has 4 atom stereocenters. The summed E-state index contributed by atoms with van der Waals surface area (Å²) in [6.07, 6.45) is 0.0705. The number of aliphatic hydroxyl groups excluding tert-OH is 1. The van der Waals surface area contributed by atoms with Gasteiger partial charge in [-0.05, 0) is 41.5 Å². The first-order valence-corrected chi connectivity index (χ1v) is 15.3. The van der Waals surface area contributed by atoms with Crippen LogP contribution >= 0.6 is 11.8 Å². The second-order valence-corrected chi connectivity index (χ2v) is 12.3. The van der Waals surface area contributed by atoms with E-state index in [1.165, 1.54) is 30.1 Å². The van der Waals surface area contributed by atoms with E-state index < -0.39 is 16.3 Å². The van der Waals surface area contributed by atoms with Crippen LogP contribution in [0, 0.1) is 11.1 Å². The van der Waals surface area contributed by atoms with Crippen LogP contribution in [-0.4, -0.2) is 25.4 Å². The van der Waals surface area contributed by atoms with Gasteiger partial charge in [0.2, 0.25) is 0 Å². The zero-order chi connectivity index (χ0) is 28.1. The Morgan fingerprint density at radius 2 is 1.68 bits per heavy atom. The Balaban J connectivity index is 1.41. The summed E-state index contributed by atoms with van der Waals surface area (Å²) >= 11 is 1.41. The molecule has 0 radical (unpaired) electrons. The van der Waals surface area contributed by atoms with Crippen LogP contribution in [-0.2, 0) is 26.1 Å². The summed E-state index contributed by atoms with van der Waals surface area (Å²) in [5.74, 6) is 0.450. The van der Waals surface area contributed by atoms with Gasteiger partial charge in [0, 0.05) is 35.1 Å². The van der Waals surface area contributed by atoms with Crippen molar-refractivity contribution in [3.05, 3.63) is 125 Å². The molecule has 0 unspecified atom stereocenters. The Morgan fingerprint density at radius 3 is 2.40 bits per heavy atom. The summed E-state index contributed by atoms with van der Waals surface area (Å²) in [4.78, 5) is 0.166. The largest absolute Gasteiger partial charge is 0.618 e. The number of pyridine rings is 1. The van der Waals surface area contributed by atoms with Gasteiger partial charge in [0.25, 0.3) is 15.0 Å². The van der Waals surface area contributed by atoms with Gasteiger partial charge in [0.05, 0.1) is 23.7 Å². The number of sulfonamides is 1. The molecule has 40 heavy (non-hydrogen) atoms. The number of ether oxygens (including phenoxy) is 2. The standard InChI is InChI=1S/C30H30N2O6S2/c1-21-27(20-39-28-12-5-6-17-32(28)34)37-30(38-29(21)23-15-13-22(19-33)14-16-23)24-8-7-9-25(18-24)31-40(35,36)26-10-3-2-4-11-26/h2-18,21,27,29-31,33H,19-20H2,1H3/t21-,27+,29+,30+/m0/s1. The van der Waals surface area contributed by atoms with E-state index in [0.29, 0.717) is 22.0 Å². The van der Waals surface area contributed by atoms with Crippen LogP contribution in [0.2, 0.25) is 0 Å². The predicted molar refractivity (Wildman–Crippen MR) is 153 cm³/mol. The number of thioether (sulfide) groups is 1. The highest BCUT2D eigenvalue weighted by molar-refractivity contribution is 7.99. The Labute approximate surface area is 238 Å². The first kappa shape index (κ1) is 28.1. The van der Waals surface area contributed by atoms with Crippen molar-refractivity contribution in [1.82, 2.24) is 0 Å². The first-order valence-electron chi connectivity index (χ1n) is 12.8. The molecule has 1 aliphatic heterocycles. The summed E-state index contributed by atoms with van der Waals surface area (Å²) in [6.45, 7) is 2.00. The number of benzene rings is 3. The molecule has 10 heteroatoms. The summed E-state index contributed by atoms with van der Waals surface area (Å²) < 4.78 is 42.2. The maximum atomic E-state index is 12.9. The van der Waals surface area contributed by atoms with Gasteiger partial charge < -0.3 is 19.8 Å². The van der Waals surface area contributed by atoms with Crippen LogP contribution in [0.1, 0.15) is 36.0 Å². The predicted octanol–water partition coefficient (Wildman–Crippen LogP) is 5.20. The molecular weight excluding hydrogens is 548 g/mol. The van der Waals surface area contributed by atoms with Crippen molar-refractivity contribution in [3.8, 4) is 0 Å². The number of hydrogen-bond acceptors (Lipinski definition) is 7. The quantitative estimate of drug-likeness (QED) is 0.160. The molecule has 2 N–H and O–H groups in total. The first-order chi connectivity index (χ1) is 19.3. The third-order valence-electron chi connectivity index (χ3n) is 6.77. The molecular formula is C30H30N2O6S2. The molecule has 208 valence electrons. The topological polar surface area (TPSA) is 112 Å². The average molecular weight is 579 g/mol. The fourth-order valence-corrected chi connectivity index (χ4v) is 6.71. The second-order valence-electron chi connectivity index (χ2n) is 9.54. The Kier molecular flexibility index (Phi) is 8.72. The summed E-state index contributed by atoms with van der Waals surface area (Å²) in [7, 11) is -3.77. The van der Waals surface area contributed by atoms with Gasteiger partial charge in [-0.2, -0.15) is 4.73 Å². The maximum absolute atomic E-state index is 12.9. The van der Waals surface area contributed by atoms with E-state index in [1.54, 1.807) is 48.5 Å². The zero-order valence-electron chi connectivity index (χ0n) is 21.8. The van der Waals surface area contributed by atoms with E-state index in [4.69, 9.17) is 9.47 Å². The van der Waals surface area contributed by atoms with Gasteiger partial charge in [-0.1, -0.05) is 73.3 Å². The molecule has 1 fully saturated rings. The minimum absolute atomic E-state index is 0.0513. The number of aromatic nitrogens is 1. The molecule has 5 rings (SSSR count). The summed E-state index contributed by atoms with van der Waals surface area (Å²) in [6, 6.07) is 28.0. The lowest BCUT2D eigenvalue weighted by Crippen LogP contribution is -2.39. The molecule has 2 heterocycles. The summed E-state index contributed by atoms with van der Waals surface area (Å²) in [5.41, 5.74) is 2.78.